The highest BCUT2D eigenvalue weighted by Crippen LogP contribution is 2.17. The first-order chi connectivity index (χ1) is 5.54. The second kappa shape index (κ2) is 3.58. The van der Waals surface area contributed by atoms with Crippen LogP contribution in [0.25, 0.3) is 0 Å². The van der Waals surface area contributed by atoms with E-state index in [4.69, 9.17) is 4.74 Å². The zero-order chi connectivity index (χ0) is 9.19. The molecule has 1 aliphatic heterocycles. The van der Waals surface area contributed by atoms with Crippen LogP contribution in [-0.4, -0.2) is 36.2 Å². The predicted molar refractivity (Wildman–Crippen MR) is 51.3 cm³/mol. The van der Waals surface area contributed by atoms with Crippen LogP contribution in [0.3, 0.4) is 0 Å². The van der Waals surface area contributed by atoms with Gasteiger partial charge >= 0.3 is 0 Å². The Morgan fingerprint density at radius 3 is 2.67 bits per heavy atom. The van der Waals surface area contributed by atoms with Crippen LogP contribution in [0.15, 0.2) is 12.7 Å². The second-order valence-electron chi connectivity index (χ2n) is 4.26. The quantitative estimate of drug-likeness (QED) is 0.554. The molecule has 0 bridgehead atoms. The number of rotatable bonds is 1. The Morgan fingerprint density at radius 2 is 2.17 bits per heavy atom. The van der Waals surface area contributed by atoms with Crippen molar-refractivity contribution in [2.45, 2.75) is 32.4 Å². The molecule has 0 aromatic carbocycles. The van der Waals surface area contributed by atoms with Gasteiger partial charge < -0.3 is 4.74 Å². The fraction of sp³-hybridized carbons (Fsp3) is 0.800. The molecule has 0 saturated carbocycles. The van der Waals surface area contributed by atoms with Gasteiger partial charge in [-0.3, -0.25) is 4.90 Å². The van der Waals surface area contributed by atoms with E-state index in [-0.39, 0.29) is 11.6 Å². The van der Waals surface area contributed by atoms with Crippen molar-refractivity contribution in [3.63, 3.8) is 0 Å². The van der Waals surface area contributed by atoms with Crippen molar-refractivity contribution in [3.8, 4) is 0 Å². The number of hydrogen-bond donors (Lipinski definition) is 0. The third kappa shape index (κ3) is 2.32. The van der Waals surface area contributed by atoms with E-state index in [9.17, 15) is 0 Å². The molecule has 1 saturated heterocycles. The highest BCUT2D eigenvalue weighted by molar-refractivity contribution is 4.89. The zero-order valence-electron chi connectivity index (χ0n) is 8.34. The van der Waals surface area contributed by atoms with Crippen LogP contribution >= 0.6 is 0 Å². The number of nitrogens with zero attached hydrogens (tertiary/aromatic N) is 1. The van der Waals surface area contributed by atoms with E-state index in [0.29, 0.717) is 0 Å². The Kier molecular flexibility index (Phi) is 2.91. The van der Waals surface area contributed by atoms with Gasteiger partial charge in [-0.1, -0.05) is 6.08 Å². The molecule has 1 heterocycles. The highest BCUT2D eigenvalue weighted by atomic mass is 16.5. The lowest BCUT2D eigenvalue weighted by Gasteiger charge is -2.40. The normalized spacial score (nSPS) is 27.1. The molecular formula is C10H19NO. The molecule has 0 aromatic heterocycles. The monoisotopic (exact) mass is 169 g/mol. The Bertz CT molecular complexity index is 160. The van der Waals surface area contributed by atoms with Crippen molar-refractivity contribution in [2.24, 2.45) is 0 Å². The van der Waals surface area contributed by atoms with E-state index in [0.717, 1.165) is 19.7 Å². The fourth-order valence-electron chi connectivity index (χ4n) is 1.43. The van der Waals surface area contributed by atoms with Crippen molar-refractivity contribution >= 4 is 0 Å². The van der Waals surface area contributed by atoms with Crippen molar-refractivity contribution < 1.29 is 4.74 Å². The summed E-state index contributed by atoms with van der Waals surface area (Å²) in [6.07, 6.45) is 2.11. The smallest absolute Gasteiger partial charge is 0.0880 e. The Morgan fingerprint density at radius 1 is 1.50 bits per heavy atom. The van der Waals surface area contributed by atoms with Crippen molar-refractivity contribution in [1.29, 1.82) is 0 Å². The van der Waals surface area contributed by atoms with E-state index in [1.807, 2.05) is 6.08 Å². The zero-order valence-corrected chi connectivity index (χ0v) is 8.34. The molecule has 0 amide bonds. The molecule has 0 N–H and O–H groups in total. The summed E-state index contributed by atoms with van der Waals surface area (Å²) in [7, 11) is 0. The third-order valence-electron chi connectivity index (χ3n) is 2.31. The minimum Gasteiger partial charge on any atom is -0.371 e. The maximum atomic E-state index is 5.49. The molecular weight excluding hydrogens is 150 g/mol. The lowest BCUT2D eigenvalue weighted by molar-refractivity contribution is -0.0370. The summed E-state index contributed by atoms with van der Waals surface area (Å²) < 4.78 is 5.49. The summed E-state index contributed by atoms with van der Waals surface area (Å²) in [6, 6.07) is 0. The fourth-order valence-corrected chi connectivity index (χ4v) is 1.43. The lowest BCUT2D eigenvalue weighted by Crippen LogP contribution is -2.50. The van der Waals surface area contributed by atoms with E-state index in [1.165, 1.54) is 0 Å². The average molecular weight is 169 g/mol. The molecule has 0 radical (unpaired) electrons. The summed E-state index contributed by atoms with van der Waals surface area (Å²) in [5, 5.41) is 0. The van der Waals surface area contributed by atoms with Gasteiger partial charge in [0.25, 0.3) is 0 Å². The standard InChI is InChI=1S/C10H19NO/c1-5-9-8-11(6-7-12-9)10(2,3)4/h5,9H,1,6-8H2,2-4H3/t9-/m0/s1. The number of ether oxygens (including phenoxy) is 1. The van der Waals surface area contributed by atoms with Crippen LogP contribution in [0.5, 0.6) is 0 Å². The van der Waals surface area contributed by atoms with Crippen LogP contribution in [0, 0.1) is 0 Å². The van der Waals surface area contributed by atoms with E-state index >= 15 is 0 Å². The van der Waals surface area contributed by atoms with Gasteiger partial charge in [0, 0.05) is 18.6 Å². The summed E-state index contributed by atoms with van der Waals surface area (Å²) in [5.41, 5.74) is 0.255. The van der Waals surface area contributed by atoms with E-state index < -0.39 is 0 Å². The van der Waals surface area contributed by atoms with Crippen molar-refractivity contribution in [1.82, 2.24) is 4.90 Å². The molecule has 1 atom stereocenters. The molecule has 0 spiro atoms. The summed E-state index contributed by atoms with van der Waals surface area (Å²) in [5.74, 6) is 0. The Balaban J connectivity index is 2.51. The average Bonchev–Trinajstić information content (AvgIpc) is 2.03. The van der Waals surface area contributed by atoms with Gasteiger partial charge in [0.15, 0.2) is 0 Å². The van der Waals surface area contributed by atoms with Crippen molar-refractivity contribution in [2.75, 3.05) is 19.7 Å². The summed E-state index contributed by atoms with van der Waals surface area (Å²) >= 11 is 0. The Hall–Kier alpha value is -0.340. The molecule has 1 rings (SSSR count). The van der Waals surface area contributed by atoms with Gasteiger partial charge in [-0.15, -0.1) is 6.58 Å². The van der Waals surface area contributed by atoms with E-state index in [1.54, 1.807) is 0 Å². The predicted octanol–water partition coefficient (Wildman–Crippen LogP) is 1.67. The molecule has 70 valence electrons. The largest absolute Gasteiger partial charge is 0.371 e. The summed E-state index contributed by atoms with van der Waals surface area (Å²) in [4.78, 5) is 2.43. The first kappa shape index (κ1) is 9.75. The summed E-state index contributed by atoms with van der Waals surface area (Å²) in [6.45, 7) is 13.3. The van der Waals surface area contributed by atoms with Crippen molar-refractivity contribution in [3.05, 3.63) is 12.7 Å². The number of morpholine rings is 1. The first-order valence-electron chi connectivity index (χ1n) is 4.53. The Labute approximate surface area is 75.2 Å². The van der Waals surface area contributed by atoms with Crippen LogP contribution in [0.1, 0.15) is 20.8 Å². The van der Waals surface area contributed by atoms with Crippen LogP contribution < -0.4 is 0 Å². The molecule has 0 aliphatic carbocycles. The van der Waals surface area contributed by atoms with Gasteiger partial charge in [0.2, 0.25) is 0 Å². The second-order valence-corrected chi connectivity index (χ2v) is 4.26. The van der Waals surface area contributed by atoms with Crippen LogP contribution in [0.4, 0.5) is 0 Å². The molecule has 2 heteroatoms. The van der Waals surface area contributed by atoms with Gasteiger partial charge in [-0.2, -0.15) is 0 Å². The minimum atomic E-state index is 0.220. The molecule has 1 fully saturated rings. The first-order valence-corrected chi connectivity index (χ1v) is 4.53. The van der Waals surface area contributed by atoms with Gasteiger partial charge in [0.05, 0.1) is 12.7 Å². The van der Waals surface area contributed by atoms with Crippen LogP contribution in [0.2, 0.25) is 0 Å². The van der Waals surface area contributed by atoms with Gasteiger partial charge in [0.1, 0.15) is 0 Å². The molecule has 0 aromatic rings. The van der Waals surface area contributed by atoms with Crippen LogP contribution in [-0.2, 0) is 4.74 Å². The number of hydrogen-bond acceptors (Lipinski definition) is 2. The minimum absolute atomic E-state index is 0.220. The molecule has 2 nitrogen and oxygen atoms in total. The third-order valence-corrected chi connectivity index (χ3v) is 2.31. The van der Waals surface area contributed by atoms with Gasteiger partial charge in [-0.05, 0) is 20.8 Å². The topological polar surface area (TPSA) is 12.5 Å². The van der Waals surface area contributed by atoms with E-state index in [2.05, 4.69) is 32.3 Å². The molecule has 0 unspecified atom stereocenters. The lowest BCUT2D eigenvalue weighted by atomic mass is 10.0. The molecule has 12 heavy (non-hydrogen) atoms. The maximum absolute atomic E-state index is 5.49. The van der Waals surface area contributed by atoms with Gasteiger partial charge in [-0.25, -0.2) is 0 Å². The highest BCUT2D eigenvalue weighted by Gasteiger charge is 2.26. The SMILES string of the molecule is C=C[C@H]1CN(C(C)(C)C)CCO1. The maximum Gasteiger partial charge on any atom is 0.0880 e. The molecule has 1 aliphatic rings.